The molecule has 4 atom stereocenters. The highest BCUT2D eigenvalue weighted by Crippen LogP contribution is 2.50. The van der Waals surface area contributed by atoms with Crippen LogP contribution in [0.2, 0.25) is 0 Å². The first-order valence-corrected chi connectivity index (χ1v) is 10.1. The van der Waals surface area contributed by atoms with Crippen LogP contribution in [-0.2, 0) is 0 Å². The summed E-state index contributed by atoms with van der Waals surface area (Å²) in [6.07, 6.45) is -1.71. The number of rotatable bonds is 3. The molecule has 2 aliphatic rings. The van der Waals surface area contributed by atoms with Crippen LogP contribution in [0, 0.1) is 11.8 Å². The minimum Gasteiger partial charge on any atom is -0.508 e. The Bertz CT molecular complexity index is 1140. The Morgan fingerprint density at radius 2 is 1.55 bits per heavy atom. The smallest absolute Gasteiger partial charge is 0.133 e. The Balaban J connectivity index is 1.52. The standard InChI is InChI=1S/C24H24O7/c1-28-13-4-6-20-16(8-13)22(26)18(10-30-20)19-11-31-24-14-5-3-12(25)7-15(14)21(29-2)9-17(24)23(19)27/h3-9,18-19,22-23,25-27H,10-11H2,1-2H3. The van der Waals surface area contributed by atoms with Gasteiger partial charge >= 0.3 is 0 Å². The van der Waals surface area contributed by atoms with E-state index in [1.54, 1.807) is 56.7 Å². The summed E-state index contributed by atoms with van der Waals surface area (Å²) in [7, 11) is 3.12. The van der Waals surface area contributed by atoms with E-state index in [-0.39, 0.29) is 30.8 Å². The highest BCUT2D eigenvalue weighted by atomic mass is 16.5. The summed E-state index contributed by atoms with van der Waals surface area (Å²) in [5.74, 6) is 1.70. The molecule has 2 heterocycles. The summed E-state index contributed by atoms with van der Waals surface area (Å²) in [5, 5.41) is 33.7. The van der Waals surface area contributed by atoms with E-state index >= 15 is 0 Å². The number of methoxy groups -OCH3 is 2. The molecule has 0 saturated carbocycles. The lowest BCUT2D eigenvalue weighted by atomic mass is 9.77. The van der Waals surface area contributed by atoms with Crippen molar-refractivity contribution in [2.45, 2.75) is 12.2 Å². The molecule has 31 heavy (non-hydrogen) atoms. The molecule has 3 aromatic carbocycles. The van der Waals surface area contributed by atoms with Gasteiger partial charge in [0.25, 0.3) is 0 Å². The second kappa shape index (κ2) is 7.51. The lowest BCUT2D eigenvalue weighted by Crippen LogP contribution is -2.40. The van der Waals surface area contributed by atoms with Gasteiger partial charge in [0.1, 0.15) is 28.7 Å². The zero-order valence-corrected chi connectivity index (χ0v) is 17.2. The van der Waals surface area contributed by atoms with Crippen molar-refractivity contribution < 1.29 is 34.3 Å². The number of fused-ring (bicyclic) bond motifs is 4. The van der Waals surface area contributed by atoms with Gasteiger partial charge in [0.15, 0.2) is 0 Å². The van der Waals surface area contributed by atoms with Crippen molar-refractivity contribution in [3.63, 3.8) is 0 Å². The third-order valence-corrected chi connectivity index (χ3v) is 6.35. The van der Waals surface area contributed by atoms with E-state index in [9.17, 15) is 15.3 Å². The van der Waals surface area contributed by atoms with E-state index < -0.39 is 12.2 Å². The Kier molecular flexibility index (Phi) is 4.79. The average Bonchev–Trinajstić information content (AvgIpc) is 2.79. The van der Waals surface area contributed by atoms with Crippen LogP contribution in [0.3, 0.4) is 0 Å². The monoisotopic (exact) mass is 424 g/mol. The van der Waals surface area contributed by atoms with E-state index in [2.05, 4.69) is 0 Å². The van der Waals surface area contributed by atoms with Gasteiger partial charge in [-0.2, -0.15) is 0 Å². The average molecular weight is 424 g/mol. The third kappa shape index (κ3) is 3.12. The summed E-state index contributed by atoms with van der Waals surface area (Å²) in [4.78, 5) is 0. The zero-order chi connectivity index (χ0) is 21.7. The minimum absolute atomic E-state index is 0.122. The predicted molar refractivity (Wildman–Crippen MR) is 113 cm³/mol. The molecule has 0 amide bonds. The van der Waals surface area contributed by atoms with Gasteiger partial charge < -0.3 is 34.3 Å². The van der Waals surface area contributed by atoms with Crippen molar-refractivity contribution in [1.82, 2.24) is 0 Å². The van der Waals surface area contributed by atoms with E-state index in [1.165, 1.54) is 0 Å². The number of benzene rings is 3. The molecular formula is C24H24O7. The quantitative estimate of drug-likeness (QED) is 0.593. The Hall–Kier alpha value is -3.16. The maximum atomic E-state index is 11.3. The minimum atomic E-state index is -0.883. The summed E-state index contributed by atoms with van der Waals surface area (Å²) >= 11 is 0. The van der Waals surface area contributed by atoms with Gasteiger partial charge in [-0.3, -0.25) is 0 Å². The zero-order valence-electron chi connectivity index (χ0n) is 17.2. The maximum Gasteiger partial charge on any atom is 0.133 e. The van der Waals surface area contributed by atoms with Gasteiger partial charge in [-0.05, 0) is 42.5 Å². The third-order valence-electron chi connectivity index (χ3n) is 6.35. The molecule has 3 aromatic rings. The highest BCUT2D eigenvalue weighted by molar-refractivity contribution is 5.95. The summed E-state index contributed by atoms with van der Waals surface area (Å²) in [6.45, 7) is 0.486. The molecule has 0 radical (unpaired) electrons. The van der Waals surface area contributed by atoms with Crippen LogP contribution >= 0.6 is 0 Å². The fourth-order valence-corrected chi connectivity index (χ4v) is 4.66. The molecule has 2 aliphatic heterocycles. The second-order valence-corrected chi connectivity index (χ2v) is 7.97. The van der Waals surface area contributed by atoms with Crippen molar-refractivity contribution in [3.8, 4) is 28.7 Å². The lowest BCUT2D eigenvalue weighted by Gasteiger charge is -2.40. The van der Waals surface area contributed by atoms with Gasteiger partial charge in [-0.15, -0.1) is 0 Å². The number of aliphatic hydroxyl groups excluding tert-OH is 2. The van der Waals surface area contributed by atoms with Crippen LogP contribution in [0.5, 0.6) is 28.7 Å². The summed E-state index contributed by atoms with van der Waals surface area (Å²) in [5.41, 5.74) is 1.23. The molecular weight excluding hydrogens is 400 g/mol. The molecule has 162 valence electrons. The second-order valence-electron chi connectivity index (χ2n) is 7.97. The molecule has 0 saturated heterocycles. The number of phenolic OH excluding ortho intramolecular Hbond substituents is 1. The number of aliphatic hydroxyl groups is 2. The van der Waals surface area contributed by atoms with Crippen LogP contribution in [0.25, 0.3) is 10.8 Å². The van der Waals surface area contributed by atoms with Gasteiger partial charge in [-0.1, -0.05) is 0 Å². The van der Waals surface area contributed by atoms with Gasteiger partial charge in [-0.25, -0.2) is 0 Å². The van der Waals surface area contributed by atoms with Crippen molar-refractivity contribution in [1.29, 1.82) is 0 Å². The predicted octanol–water partition coefficient (Wildman–Crippen LogP) is 3.35. The largest absolute Gasteiger partial charge is 0.508 e. The Morgan fingerprint density at radius 3 is 2.29 bits per heavy atom. The van der Waals surface area contributed by atoms with Crippen molar-refractivity contribution in [3.05, 3.63) is 53.6 Å². The number of phenols is 1. The van der Waals surface area contributed by atoms with E-state index in [4.69, 9.17) is 18.9 Å². The molecule has 0 bridgehead atoms. The van der Waals surface area contributed by atoms with Crippen molar-refractivity contribution in [2.24, 2.45) is 11.8 Å². The molecule has 0 fully saturated rings. The normalized spacial score (nSPS) is 24.5. The van der Waals surface area contributed by atoms with Crippen LogP contribution < -0.4 is 18.9 Å². The van der Waals surface area contributed by atoms with Crippen LogP contribution in [0.1, 0.15) is 23.3 Å². The fraction of sp³-hybridized carbons (Fsp3) is 0.333. The molecule has 7 nitrogen and oxygen atoms in total. The summed E-state index contributed by atoms with van der Waals surface area (Å²) < 4.78 is 22.8. The number of hydrogen-bond donors (Lipinski definition) is 3. The highest BCUT2D eigenvalue weighted by Gasteiger charge is 2.43. The number of aromatic hydroxyl groups is 1. The number of ether oxygens (including phenoxy) is 4. The van der Waals surface area contributed by atoms with Gasteiger partial charge in [0, 0.05) is 33.7 Å². The molecule has 3 N–H and O–H groups in total. The van der Waals surface area contributed by atoms with Crippen molar-refractivity contribution >= 4 is 10.8 Å². The maximum absolute atomic E-state index is 11.3. The van der Waals surface area contributed by atoms with Crippen LogP contribution in [0.15, 0.2) is 42.5 Å². The Morgan fingerprint density at radius 1 is 0.806 bits per heavy atom. The lowest BCUT2D eigenvalue weighted by molar-refractivity contribution is -0.0548. The van der Waals surface area contributed by atoms with Crippen LogP contribution in [-0.4, -0.2) is 42.8 Å². The van der Waals surface area contributed by atoms with E-state index in [0.717, 1.165) is 5.39 Å². The number of hydrogen-bond acceptors (Lipinski definition) is 7. The van der Waals surface area contributed by atoms with Gasteiger partial charge in [0.2, 0.25) is 0 Å². The van der Waals surface area contributed by atoms with Crippen molar-refractivity contribution in [2.75, 3.05) is 27.4 Å². The first-order chi connectivity index (χ1) is 15.0. The fourth-order valence-electron chi connectivity index (χ4n) is 4.66. The van der Waals surface area contributed by atoms with Gasteiger partial charge in [0.05, 0.1) is 39.6 Å². The van der Waals surface area contributed by atoms with Crippen LogP contribution in [0.4, 0.5) is 0 Å². The first-order valence-electron chi connectivity index (χ1n) is 10.1. The molecule has 0 aromatic heterocycles. The van der Waals surface area contributed by atoms with E-state index in [1.807, 2.05) is 0 Å². The molecule has 0 aliphatic carbocycles. The van der Waals surface area contributed by atoms with E-state index in [0.29, 0.717) is 39.5 Å². The SMILES string of the molecule is COc1ccc2c(c1)C(O)C(C1COc3c(cc(OC)c4cc(O)ccc34)C1O)CO2. The topological polar surface area (TPSA) is 97.6 Å². The first kappa shape index (κ1) is 19.8. The molecule has 7 heteroatoms. The Labute approximate surface area is 179 Å². The summed E-state index contributed by atoms with van der Waals surface area (Å²) in [6, 6.07) is 12.0. The molecule has 4 unspecified atom stereocenters. The molecule has 0 spiro atoms. The molecule has 5 rings (SSSR count).